The Morgan fingerprint density at radius 1 is 1.44 bits per heavy atom. The first-order valence-corrected chi connectivity index (χ1v) is 8.52. The number of likely N-dealkylation sites (N-methyl/N-ethyl adjacent to an activating group) is 1. The SMILES string of the molecule is CNC(Cc1ccc(F)cc1C)C1CSCCS1. The highest BCUT2D eigenvalue weighted by Gasteiger charge is 2.23. The molecule has 0 radical (unpaired) electrons. The summed E-state index contributed by atoms with van der Waals surface area (Å²) < 4.78 is 13.1. The van der Waals surface area contributed by atoms with E-state index in [0.717, 1.165) is 12.0 Å². The van der Waals surface area contributed by atoms with Gasteiger partial charge in [0.2, 0.25) is 0 Å². The van der Waals surface area contributed by atoms with E-state index in [9.17, 15) is 4.39 Å². The Morgan fingerprint density at radius 2 is 2.28 bits per heavy atom. The molecule has 1 fully saturated rings. The van der Waals surface area contributed by atoms with E-state index < -0.39 is 0 Å². The van der Waals surface area contributed by atoms with Crippen molar-refractivity contribution in [2.75, 3.05) is 24.3 Å². The van der Waals surface area contributed by atoms with Crippen LogP contribution in [0.4, 0.5) is 4.39 Å². The Bertz CT molecular complexity index is 391. The summed E-state index contributed by atoms with van der Waals surface area (Å²) in [5.74, 6) is 3.60. The minimum atomic E-state index is -0.139. The van der Waals surface area contributed by atoms with E-state index in [0.29, 0.717) is 11.3 Å². The van der Waals surface area contributed by atoms with Gasteiger partial charge in [-0.2, -0.15) is 23.5 Å². The summed E-state index contributed by atoms with van der Waals surface area (Å²) in [6.45, 7) is 1.99. The zero-order valence-electron chi connectivity index (χ0n) is 10.9. The number of benzene rings is 1. The maximum atomic E-state index is 13.1. The molecule has 2 atom stereocenters. The standard InChI is InChI=1S/C14H20FNS2/c1-10-7-12(15)4-3-11(10)8-13(16-2)14-9-17-5-6-18-14/h3-4,7,13-14,16H,5-6,8-9H2,1-2H3. The molecule has 1 aromatic carbocycles. The number of nitrogens with one attached hydrogen (secondary N) is 1. The topological polar surface area (TPSA) is 12.0 Å². The molecule has 4 heteroatoms. The Kier molecular flexibility index (Phi) is 5.39. The monoisotopic (exact) mass is 285 g/mol. The summed E-state index contributed by atoms with van der Waals surface area (Å²) in [5.41, 5.74) is 2.32. The third-order valence-corrected chi connectivity index (χ3v) is 6.33. The molecule has 100 valence electrons. The van der Waals surface area contributed by atoms with Crippen LogP contribution in [0.25, 0.3) is 0 Å². The van der Waals surface area contributed by atoms with Crippen LogP contribution in [0.1, 0.15) is 11.1 Å². The van der Waals surface area contributed by atoms with E-state index in [1.807, 2.05) is 31.8 Å². The molecule has 1 aromatic rings. The molecule has 0 aliphatic carbocycles. The van der Waals surface area contributed by atoms with Crippen LogP contribution >= 0.6 is 23.5 Å². The van der Waals surface area contributed by atoms with Gasteiger partial charge in [-0.25, -0.2) is 4.39 Å². The second-order valence-electron chi connectivity index (χ2n) is 4.65. The molecule has 1 nitrogen and oxygen atoms in total. The minimum Gasteiger partial charge on any atom is -0.316 e. The molecule has 0 aromatic heterocycles. The molecule has 1 N–H and O–H groups in total. The molecule has 1 saturated heterocycles. The maximum Gasteiger partial charge on any atom is 0.123 e. The molecule has 1 aliphatic heterocycles. The fraction of sp³-hybridized carbons (Fsp3) is 0.571. The number of hydrogen-bond donors (Lipinski definition) is 1. The molecule has 1 heterocycles. The van der Waals surface area contributed by atoms with Gasteiger partial charge in [0.25, 0.3) is 0 Å². The number of hydrogen-bond acceptors (Lipinski definition) is 3. The summed E-state index contributed by atoms with van der Waals surface area (Å²) >= 11 is 4.11. The van der Waals surface area contributed by atoms with Crippen molar-refractivity contribution in [2.24, 2.45) is 0 Å². The predicted molar refractivity (Wildman–Crippen MR) is 81.3 cm³/mol. The van der Waals surface area contributed by atoms with Crippen molar-refractivity contribution in [1.29, 1.82) is 0 Å². The average Bonchev–Trinajstić information content (AvgIpc) is 2.39. The van der Waals surface area contributed by atoms with Gasteiger partial charge in [0.15, 0.2) is 0 Å². The summed E-state index contributed by atoms with van der Waals surface area (Å²) in [4.78, 5) is 0. The molecule has 18 heavy (non-hydrogen) atoms. The van der Waals surface area contributed by atoms with Crippen LogP contribution in [0.15, 0.2) is 18.2 Å². The Morgan fingerprint density at radius 3 is 2.89 bits per heavy atom. The molecular weight excluding hydrogens is 265 g/mol. The molecule has 0 spiro atoms. The quantitative estimate of drug-likeness (QED) is 0.913. The number of thioether (sulfide) groups is 2. The van der Waals surface area contributed by atoms with Crippen molar-refractivity contribution in [3.63, 3.8) is 0 Å². The molecular formula is C14H20FNS2. The lowest BCUT2D eigenvalue weighted by Gasteiger charge is -2.29. The van der Waals surface area contributed by atoms with Crippen LogP contribution < -0.4 is 5.32 Å². The molecule has 2 rings (SSSR count). The van der Waals surface area contributed by atoms with Gasteiger partial charge in [-0.15, -0.1) is 0 Å². The molecule has 0 amide bonds. The van der Waals surface area contributed by atoms with Gasteiger partial charge in [-0.1, -0.05) is 6.07 Å². The van der Waals surface area contributed by atoms with E-state index in [1.54, 1.807) is 12.1 Å². The number of rotatable bonds is 4. The van der Waals surface area contributed by atoms with Crippen LogP contribution in [0.5, 0.6) is 0 Å². The van der Waals surface area contributed by atoms with E-state index in [-0.39, 0.29) is 5.82 Å². The summed E-state index contributed by atoms with van der Waals surface area (Å²) in [5, 5.41) is 4.10. The Labute approximate surface area is 117 Å². The number of aryl methyl sites for hydroxylation is 1. The van der Waals surface area contributed by atoms with Crippen LogP contribution in [-0.4, -0.2) is 35.6 Å². The lowest BCUT2D eigenvalue weighted by Crippen LogP contribution is -2.40. The molecule has 1 aliphatic rings. The molecule has 2 unspecified atom stereocenters. The van der Waals surface area contributed by atoms with E-state index >= 15 is 0 Å². The lowest BCUT2D eigenvalue weighted by molar-refractivity contribution is 0.554. The van der Waals surface area contributed by atoms with Gasteiger partial charge in [0.1, 0.15) is 5.82 Å². The maximum absolute atomic E-state index is 13.1. The largest absolute Gasteiger partial charge is 0.316 e. The smallest absolute Gasteiger partial charge is 0.123 e. The summed E-state index contributed by atoms with van der Waals surface area (Å²) in [6, 6.07) is 5.60. The van der Waals surface area contributed by atoms with Crippen molar-refractivity contribution < 1.29 is 4.39 Å². The first-order chi connectivity index (χ1) is 8.70. The highest BCUT2D eigenvalue weighted by Crippen LogP contribution is 2.28. The van der Waals surface area contributed by atoms with Gasteiger partial charge in [0, 0.05) is 28.6 Å². The zero-order valence-corrected chi connectivity index (χ0v) is 12.5. The van der Waals surface area contributed by atoms with Gasteiger partial charge in [-0.3, -0.25) is 0 Å². The summed E-state index contributed by atoms with van der Waals surface area (Å²) in [7, 11) is 2.03. The molecule has 0 bridgehead atoms. The van der Waals surface area contributed by atoms with E-state index in [2.05, 4.69) is 17.1 Å². The van der Waals surface area contributed by atoms with Crippen LogP contribution in [0.3, 0.4) is 0 Å². The minimum absolute atomic E-state index is 0.139. The second kappa shape index (κ2) is 6.83. The van der Waals surface area contributed by atoms with Crippen LogP contribution in [0.2, 0.25) is 0 Å². The van der Waals surface area contributed by atoms with Gasteiger partial charge >= 0.3 is 0 Å². The zero-order chi connectivity index (χ0) is 13.0. The van der Waals surface area contributed by atoms with Gasteiger partial charge in [0.05, 0.1) is 0 Å². The van der Waals surface area contributed by atoms with Gasteiger partial charge in [-0.05, 0) is 43.7 Å². The van der Waals surface area contributed by atoms with Crippen molar-refractivity contribution >= 4 is 23.5 Å². The summed E-state index contributed by atoms with van der Waals surface area (Å²) in [6.07, 6.45) is 0.987. The normalized spacial score (nSPS) is 21.8. The third-order valence-electron chi connectivity index (χ3n) is 3.41. The van der Waals surface area contributed by atoms with Crippen molar-refractivity contribution in [2.45, 2.75) is 24.6 Å². The Balaban J connectivity index is 2.04. The van der Waals surface area contributed by atoms with Crippen LogP contribution in [-0.2, 0) is 6.42 Å². The number of halogens is 1. The first-order valence-electron chi connectivity index (χ1n) is 6.32. The second-order valence-corrected chi connectivity index (χ2v) is 7.15. The first kappa shape index (κ1) is 14.2. The van der Waals surface area contributed by atoms with Gasteiger partial charge < -0.3 is 5.32 Å². The third kappa shape index (κ3) is 3.65. The van der Waals surface area contributed by atoms with Crippen molar-refractivity contribution in [1.82, 2.24) is 5.32 Å². The fourth-order valence-electron chi connectivity index (χ4n) is 2.28. The van der Waals surface area contributed by atoms with Crippen molar-refractivity contribution in [3.8, 4) is 0 Å². The predicted octanol–water partition coefficient (Wildman–Crippen LogP) is 3.11. The van der Waals surface area contributed by atoms with E-state index in [1.165, 1.54) is 22.8 Å². The fourth-order valence-corrected chi connectivity index (χ4v) is 5.21. The average molecular weight is 285 g/mol. The van der Waals surface area contributed by atoms with Crippen LogP contribution in [0, 0.1) is 12.7 Å². The van der Waals surface area contributed by atoms with Crippen molar-refractivity contribution in [3.05, 3.63) is 35.1 Å². The lowest BCUT2D eigenvalue weighted by atomic mass is 9.99. The highest BCUT2D eigenvalue weighted by atomic mass is 32.2. The molecule has 0 saturated carbocycles. The Hall–Kier alpha value is -0.190. The highest BCUT2D eigenvalue weighted by molar-refractivity contribution is 8.06. The van der Waals surface area contributed by atoms with E-state index in [4.69, 9.17) is 0 Å².